The van der Waals surface area contributed by atoms with Gasteiger partial charge in [0.1, 0.15) is 0 Å². The lowest BCUT2D eigenvalue weighted by Crippen LogP contribution is -1.78. The van der Waals surface area contributed by atoms with E-state index >= 15 is 0 Å². The zero-order valence-corrected chi connectivity index (χ0v) is 5.19. The number of nitrogens with zero attached hydrogens (tertiary/aromatic N) is 1. The van der Waals surface area contributed by atoms with Crippen LogP contribution in [0, 0.1) is 12.5 Å². The van der Waals surface area contributed by atoms with Gasteiger partial charge in [-0.15, -0.1) is 0 Å². The van der Waals surface area contributed by atoms with Crippen molar-refractivity contribution in [3.8, 4) is 0 Å². The van der Waals surface area contributed by atoms with Crippen molar-refractivity contribution in [2.75, 3.05) is 6.54 Å². The minimum Gasteiger partial charge on any atom is -0.210 e. The van der Waals surface area contributed by atoms with Gasteiger partial charge in [-0.3, -0.25) is 0 Å². The zero-order chi connectivity index (χ0) is 6.24. The van der Waals surface area contributed by atoms with Gasteiger partial charge in [0, 0.05) is 0 Å². The first-order valence-electron chi connectivity index (χ1n) is 3.04. The van der Waals surface area contributed by atoms with E-state index in [4.69, 9.17) is 5.53 Å². The van der Waals surface area contributed by atoms with Crippen LogP contribution in [0.5, 0.6) is 0 Å². The van der Waals surface area contributed by atoms with E-state index in [2.05, 4.69) is 12.0 Å². The van der Waals surface area contributed by atoms with Gasteiger partial charge in [-0.05, 0) is 6.42 Å². The highest BCUT2D eigenvalue weighted by molar-refractivity contribution is 4.44. The van der Waals surface area contributed by atoms with Crippen LogP contribution in [0.4, 0.5) is 0 Å². The van der Waals surface area contributed by atoms with E-state index < -0.39 is 0 Å². The van der Waals surface area contributed by atoms with E-state index in [1.165, 1.54) is 12.8 Å². The lowest BCUT2D eigenvalue weighted by atomic mass is 10.2. The average Bonchev–Trinajstić information content (AvgIpc) is 1.81. The Bertz CT molecular complexity index is 52.5. The van der Waals surface area contributed by atoms with E-state index in [1.54, 1.807) is 0 Å². The number of rotatable bonds is 5. The maximum Gasteiger partial charge on any atom is 0.0596 e. The quantitative estimate of drug-likeness (QED) is 0.420. The third kappa shape index (κ3) is 5.60. The van der Waals surface area contributed by atoms with Gasteiger partial charge < -0.3 is 0 Å². The molecule has 0 saturated carbocycles. The molecule has 0 atom stereocenters. The fourth-order valence-corrected chi connectivity index (χ4v) is 0.544. The molecule has 0 fully saturated rings. The molecule has 0 rings (SSSR count). The monoisotopic (exact) mass is 113 g/mol. The van der Waals surface area contributed by atoms with Crippen LogP contribution in [0.15, 0.2) is 5.11 Å². The number of nitrogens with one attached hydrogen (secondary N) is 1. The van der Waals surface area contributed by atoms with Crippen molar-refractivity contribution in [1.29, 1.82) is 5.53 Å². The molecule has 0 aliphatic heterocycles. The van der Waals surface area contributed by atoms with Gasteiger partial charge in [0.2, 0.25) is 0 Å². The first-order chi connectivity index (χ1) is 3.91. The molecule has 0 saturated heterocycles. The maximum absolute atomic E-state index is 6.45. The highest BCUT2D eigenvalue weighted by Crippen LogP contribution is 1.97. The fraction of sp³-hybridized carbons (Fsp3) is 0.833. The van der Waals surface area contributed by atoms with Crippen LogP contribution in [0.1, 0.15) is 25.7 Å². The fourth-order valence-electron chi connectivity index (χ4n) is 0.544. The van der Waals surface area contributed by atoms with Crippen LogP contribution >= 0.6 is 0 Å². The lowest BCUT2D eigenvalue weighted by molar-refractivity contribution is 0.676. The second kappa shape index (κ2) is 6.60. The molecule has 0 spiro atoms. The summed E-state index contributed by atoms with van der Waals surface area (Å²) in [4.78, 5) is 0. The van der Waals surface area contributed by atoms with E-state index in [1.807, 2.05) is 0 Å². The summed E-state index contributed by atoms with van der Waals surface area (Å²) in [5.74, 6) is 0. The predicted molar refractivity (Wildman–Crippen MR) is 33.8 cm³/mol. The van der Waals surface area contributed by atoms with Crippen LogP contribution in [0.25, 0.3) is 0 Å². The molecular weight excluding hydrogens is 100 g/mol. The van der Waals surface area contributed by atoms with E-state index in [0.29, 0.717) is 6.54 Å². The van der Waals surface area contributed by atoms with Crippen molar-refractivity contribution in [1.82, 2.24) is 0 Å². The van der Waals surface area contributed by atoms with Gasteiger partial charge in [0.15, 0.2) is 0 Å². The van der Waals surface area contributed by atoms with E-state index in [-0.39, 0.29) is 0 Å². The van der Waals surface area contributed by atoms with E-state index in [0.717, 1.165) is 12.8 Å². The van der Waals surface area contributed by atoms with Gasteiger partial charge in [-0.1, -0.05) is 26.2 Å². The summed E-state index contributed by atoms with van der Waals surface area (Å²) in [6, 6.07) is 0. The van der Waals surface area contributed by atoms with Crippen molar-refractivity contribution in [3.05, 3.63) is 6.92 Å². The van der Waals surface area contributed by atoms with Crippen molar-refractivity contribution in [2.24, 2.45) is 5.11 Å². The Labute approximate surface area is 50.8 Å². The molecule has 0 aliphatic rings. The molecule has 2 heteroatoms. The Morgan fingerprint density at radius 3 is 2.50 bits per heavy atom. The highest BCUT2D eigenvalue weighted by Gasteiger charge is 1.82. The van der Waals surface area contributed by atoms with Crippen LogP contribution in [-0.4, -0.2) is 6.54 Å². The molecule has 1 radical (unpaired) electrons. The van der Waals surface area contributed by atoms with Crippen LogP contribution in [0.2, 0.25) is 0 Å². The van der Waals surface area contributed by atoms with Crippen molar-refractivity contribution < 1.29 is 0 Å². The molecule has 1 N–H and O–H groups in total. The molecule has 0 aromatic heterocycles. The first kappa shape index (κ1) is 7.60. The summed E-state index contributed by atoms with van der Waals surface area (Å²) >= 11 is 0. The molecule has 0 aromatic carbocycles. The summed E-state index contributed by atoms with van der Waals surface area (Å²) in [6.07, 6.45) is 4.42. The summed E-state index contributed by atoms with van der Waals surface area (Å²) < 4.78 is 0. The van der Waals surface area contributed by atoms with Gasteiger partial charge in [0.25, 0.3) is 0 Å². The minimum atomic E-state index is 0.694. The molecule has 0 heterocycles. The molecule has 0 bridgehead atoms. The molecular formula is C6H13N2. The Balaban J connectivity index is 2.62. The zero-order valence-electron chi connectivity index (χ0n) is 5.19. The molecule has 2 nitrogen and oxygen atoms in total. The lowest BCUT2D eigenvalue weighted by Gasteiger charge is -1.90. The highest BCUT2D eigenvalue weighted by atomic mass is 14.9. The Hall–Kier alpha value is -0.400. The predicted octanol–water partition coefficient (Wildman–Crippen LogP) is 2.41. The normalized spacial score (nSPS) is 9.12. The Morgan fingerprint density at radius 2 is 2.00 bits per heavy atom. The topological polar surface area (TPSA) is 36.2 Å². The molecule has 0 aliphatic carbocycles. The smallest absolute Gasteiger partial charge is 0.0596 e. The average molecular weight is 113 g/mol. The third-order valence-electron chi connectivity index (χ3n) is 1.02. The minimum absolute atomic E-state index is 0.694. The van der Waals surface area contributed by atoms with Crippen molar-refractivity contribution in [2.45, 2.75) is 25.7 Å². The number of unbranched alkanes of at least 4 members (excludes halogenated alkanes) is 3. The summed E-state index contributed by atoms with van der Waals surface area (Å²) in [7, 11) is 0. The second-order valence-corrected chi connectivity index (χ2v) is 1.80. The first-order valence-corrected chi connectivity index (χ1v) is 3.04. The van der Waals surface area contributed by atoms with Crippen LogP contribution in [-0.2, 0) is 0 Å². The third-order valence-corrected chi connectivity index (χ3v) is 1.02. The van der Waals surface area contributed by atoms with Crippen LogP contribution < -0.4 is 0 Å². The Morgan fingerprint density at radius 1 is 1.25 bits per heavy atom. The Kier molecular flexibility index (Phi) is 6.27. The van der Waals surface area contributed by atoms with E-state index in [9.17, 15) is 0 Å². The second-order valence-electron chi connectivity index (χ2n) is 1.80. The standard InChI is InChI=1S/C6H13N2/c1-2-3-4-5-6-8-7/h7H,1-6H2. The maximum atomic E-state index is 6.45. The summed E-state index contributed by atoms with van der Waals surface area (Å²) in [5.41, 5.74) is 6.45. The molecule has 8 heavy (non-hydrogen) atoms. The van der Waals surface area contributed by atoms with Crippen LogP contribution in [0.3, 0.4) is 0 Å². The number of hydrogen-bond acceptors (Lipinski definition) is 2. The van der Waals surface area contributed by atoms with Crippen molar-refractivity contribution in [3.63, 3.8) is 0 Å². The molecule has 47 valence electrons. The molecule has 0 amide bonds. The largest absolute Gasteiger partial charge is 0.210 e. The summed E-state index contributed by atoms with van der Waals surface area (Å²) in [5, 5.41) is 3.24. The van der Waals surface area contributed by atoms with Crippen molar-refractivity contribution >= 4 is 0 Å². The number of hydrogen-bond donors (Lipinski definition) is 1. The van der Waals surface area contributed by atoms with Gasteiger partial charge in [-0.25, -0.2) is 5.53 Å². The van der Waals surface area contributed by atoms with Gasteiger partial charge in [-0.2, -0.15) is 5.11 Å². The van der Waals surface area contributed by atoms with Gasteiger partial charge >= 0.3 is 0 Å². The van der Waals surface area contributed by atoms with Gasteiger partial charge in [0.05, 0.1) is 6.54 Å². The SMILES string of the molecule is [CH2]CCCCCN=N. The molecule has 0 aromatic rings. The molecule has 0 unspecified atom stereocenters. The summed E-state index contributed by atoms with van der Waals surface area (Å²) in [6.45, 7) is 4.40.